The number of aryl methyl sites for hydroxylation is 1. The van der Waals surface area contributed by atoms with E-state index in [2.05, 4.69) is 15.5 Å². The van der Waals surface area contributed by atoms with Crippen molar-refractivity contribution in [1.82, 2.24) is 15.0 Å². The topological polar surface area (TPSA) is 42.2 Å². The van der Waals surface area contributed by atoms with Gasteiger partial charge in [0.25, 0.3) is 0 Å². The lowest BCUT2D eigenvalue weighted by molar-refractivity contribution is 0.562. The molecule has 0 bridgehead atoms. The van der Waals surface area contributed by atoms with Crippen LogP contribution in [0, 0.1) is 0 Å². The second-order valence-corrected chi connectivity index (χ2v) is 2.63. The first-order valence-electron chi connectivity index (χ1n) is 3.62. The number of rotatable bonds is 1. The molecule has 0 amide bonds. The molecule has 0 fully saturated rings. The molecule has 1 aliphatic heterocycles. The fourth-order valence-electron chi connectivity index (χ4n) is 1.23. The van der Waals surface area contributed by atoms with Gasteiger partial charge in [0.2, 0.25) is 0 Å². The quantitative estimate of drug-likeness (QED) is 0.631. The highest BCUT2D eigenvalue weighted by Gasteiger charge is 2.16. The third-order valence-electron chi connectivity index (χ3n) is 1.83. The summed E-state index contributed by atoms with van der Waals surface area (Å²) >= 11 is 0. The fraction of sp³-hybridized carbons (Fsp3) is 0.429. The third kappa shape index (κ3) is 1.00. The molecule has 4 nitrogen and oxygen atoms in total. The lowest BCUT2D eigenvalue weighted by Crippen LogP contribution is -2.14. The van der Waals surface area contributed by atoms with Crippen LogP contribution in [0.1, 0.15) is 18.3 Å². The Bertz CT molecular complexity index is 268. The summed E-state index contributed by atoms with van der Waals surface area (Å²) in [6.45, 7) is 0. The molecule has 0 saturated heterocycles. The molecule has 0 spiro atoms. The molecule has 58 valence electrons. The molecule has 0 saturated carbocycles. The van der Waals surface area contributed by atoms with E-state index in [1.165, 1.54) is 0 Å². The summed E-state index contributed by atoms with van der Waals surface area (Å²) in [4.78, 5) is 4.22. The monoisotopic (exact) mass is 150 g/mol. The van der Waals surface area contributed by atoms with Crippen molar-refractivity contribution in [3.8, 4) is 0 Å². The molecule has 1 aromatic rings. The van der Waals surface area contributed by atoms with Crippen molar-refractivity contribution in [2.45, 2.75) is 12.5 Å². The van der Waals surface area contributed by atoms with Gasteiger partial charge in [0, 0.05) is 32.1 Å². The first-order valence-corrected chi connectivity index (χ1v) is 3.62. The maximum atomic E-state index is 4.22. The van der Waals surface area contributed by atoms with Crippen LogP contribution in [0.15, 0.2) is 17.5 Å². The zero-order valence-corrected chi connectivity index (χ0v) is 6.36. The van der Waals surface area contributed by atoms with Gasteiger partial charge in [-0.1, -0.05) is 0 Å². The highest BCUT2D eigenvalue weighted by atomic mass is 15.3. The highest BCUT2D eigenvalue weighted by Crippen LogP contribution is 2.15. The molecular formula is C7H10N4. The second-order valence-electron chi connectivity index (χ2n) is 2.63. The zero-order valence-electron chi connectivity index (χ0n) is 6.36. The van der Waals surface area contributed by atoms with Gasteiger partial charge in [0.1, 0.15) is 11.9 Å². The Morgan fingerprint density at radius 2 is 2.64 bits per heavy atom. The Labute approximate surface area is 64.9 Å². The van der Waals surface area contributed by atoms with Crippen LogP contribution in [0.3, 0.4) is 0 Å². The molecule has 1 atom stereocenters. The molecule has 0 radical (unpaired) electrons. The summed E-state index contributed by atoms with van der Waals surface area (Å²) in [5, 5.41) is 3.93. The highest BCUT2D eigenvalue weighted by molar-refractivity contribution is 5.60. The minimum atomic E-state index is 0.273. The summed E-state index contributed by atoms with van der Waals surface area (Å²) in [7, 11) is 1.99. The molecule has 1 aliphatic rings. The molecule has 1 N–H and O–H groups in total. The van der Waals surface area contributed by atoms with Crippen LogP contribution in [0.5, 0.6) is 0 Å². The first-order chi connectivity index (χ1) is 5.38. The van der Waals surface area contributed by atoms with Gasteiger partial charge in [-0.2, -0.15) is 5.10 Å². The molecule has 0 aliphatic carbocycles. The van der Waals surface area contributed by atoms with Gasteiger partial charge >= 0.3 is 0 Å². The van der Waals surface area contributed by atoms with Gasteiger partial charge < -0.3 is 4.57 Å². The minimum Gasteiger partial charge on any atom is -0.336 e. The number of hydrogen-bond donors (Lipinski definition) is 1. The van der Waals surface area contributed by atoms with E-state index in [0.29, 0.717) is 0 Å². The lowest BCUT2D eigenvalue weighted by atomic mass is 10.2. The SMILES string of the molecule is Cn1ccnc1C1CC=NN1. The van der Waals surface area contributed by atoms with E-state index < -0.39 is 0 Å². The summed E-state index contributed by atoms with van der Waals surface area (Å²) in [6, 6.07) is 0.273. The van der Waals surface area contributed by atoms with Crippen molar-refractivity contribution in [2.75, 3.05) is 0 Å². The van der Waals surface area contributed by atoms with E-state index in [1.54, 1.807) is 6.20 Å². The number of hydrogen-bond acceptors (Lipinski definition) is 3. The van der Waals surface area contributed by atoms with E-state index in [-0.39, 0.29) is 6.04 Å². The van der Waals surface area contributed by atoms with Crippen LogP contribution in [-0.4, -0.2) is 15.8 Å². The Balaban J connectivity index is 2.22. The fourth-order valence-corrected chi connectivity index (χ4v) is 1.23. The van der Waals surface area contributed by atoms with Crippen LogP contribution in [0.4, 0.5) is 0 Å². The largest absolute Gasteiger partial charge is 0.336 e. The minimum absolute atomic E-state index is 0.273. The molecule has 2 heterocycles. The molecule has 11 heavy (non-hydrogen) atoms. The molecule has 2 rings (SSSR count). The van der Waals surface area contributed by atoms with Crippen LogP contribution >= 0.6 is 0 Å². The van der Waals surface area contributed by atoms with Gasteiger partial charge in [0.15, 0.2) is 0 Å². The zero-order chi connectivity index (χ0) is 7.68. The molecule has 1 aromatic heterocycles. The first kappa shape index (κ1) is 6.39. The van der Waals surface area contributed by atoms with E-state index in [0.717, 1.165) is 12.2 Å². The average molecular weight is 150 g/mol. The molecule has 1 unspecified atom stereocenters. The summed E-state index contributed by atoms with van der Waals surface area (Å²) < 4.78 is 2.01. The van der Waals surface area contributed by atoms with Gasteiger partial charge in [0.05, 0.1) is 0 Å². The Morgan fingerprint density at radius 1 is 1.73 bits per heavy atom. The molecule has 0 aromatic carbocycles. The predicted octanol–water partition coefficient (Wildman–Crippen LogP) is 0.440. The van der Waals surface area contributed by atoms with Crippen LogP contribution in [-0.2, 0) is 7.05 Å². The van der Waals surface area contributed by atoms with Gasteiger partial charge in [-0.05, 0) is 0 Å². The van der Waals surface area contributed by atoms with Crippen molar-refractivity contribution >= 4 is 6.21 Å². The van der Waals surface area contributed by atoms with Gasteiger partial charge in [-0.3, -0.25) is 5.43 Å². The van der Waals surface area contributed by atoms with Crippen LogP contribution in [0.2, 0.25) is 0 Å². The Morgan fingerprint density at radius 3 is 3.18 bits per heavy atom. The predicted molar refractivity (Wildman–Crippen MR) is 42.2 cm³/mol. The number of imidazole rings is 1. The van der Waals surface area contributed by atoms with E-state index >= 15 is 0 Å². The van der Waals surface area contributed by atoms with E-state index in [1.807, 2.05) is 24.0 Å². The van der Waals surface area contributed by atoms with E-state index in [4.69, 9.17) is 0 Å². The normalized spacial score (nSPS) is 22.1. The Kier molecular flexibility index (Phi) is 1.38. The van der Waals surface area contributed by atoms with Crippen molar-refractivity contribution < 1.29 is 0 Å². The Hall–Kier alpha value is -1.32. The van der Waals surface area contributed by atoms with Crippen molar-refractivity contribution in [3.63, 3.8) is 0 Å². The summed E-state index contributed by atoms with van der Waals surface area (Å²) in [5.41, 5.74) is 2.99. The van der Waals surface area contributed by atoms with Gasteiger partial charge in [-0.25, -0.2) is 4.98 Å². The average Bonchev–Trinajstić information content (AvgIpc) is 2.55. The smallest absolute Gasteiger partial charge is 0.133 e. The molecule has 4 heteroatoms. The van der Waals surface area contributed by atoms with Crippen LogP contribution in [0.25, 0.3) is 0 Å². The number of hydrazone groups is 1. The lowest BCUT2D eigenvalue weighted by Gasteiger charge is -2.08. The number of nitrogens with one attached hydrogen (secondary N) is 1. The maximum absolute atomic E-state index is 4.22. The van der Waals surface area contributed by atoms with Crippen LogP contribution < -0.4 is 5.43 Å². The third-order valence-corrected chi connectivity index (χ3v) is 1.83. The van der Waals surface area contributed by atoms with Crippen molar-refractivity contribution in [2.24, 2.45) is 12.1 Å². The summed E-state index contributed by atoms with van der Waals surface area (Å²) in [5.74, 6) is 1.04. The maximum Gasteiger partial charge on any atom is 0.133 e. The second kappa shape index (κ2) is 2.38. The van der Waals surface area contributed by atoms with Crippen molar-refractivity contribution in [3.05, 3.63) is 18.2 Å². The standard InChI is InChI=1S/C7H10N4/c1-11-5-4-8-7(11)6-2-3-9-10-6/h3-6,10H,2H2,1H3. The van der Waals surface area contributed by atoms with E-state index in [9.17, 15) is 0 Å². The molecular weight excluding hydrogens is 140 g/mol. The van der Waals surface area contributed by atoms with Crippen molar-refractivity contribution in [1.29, 1.82) is 0 Å². The number of aromatic nitrogens is 2. The van der Waals surface area contributed by atoms with Gasteiger partial charge in [-0.15, -0.1) is 0 Å². The summed E-state index contributed by atoms with van der Waals surface area (Å²) in [6.07, 6.45) is 6.55. The number of nitrogens with zero attached hydrogens (tertiary/aromatic N) is 3.